The molecule has 1 aromatic heterocycles. The molecule has 1 aliphatic heterocycles. The lowest BCUT2D eigenvalue weighted by Gasteiger charge is -2.35. The number of ketones is 1. The number of benzene rings is 2. The van der Waals surface area contributed by atoms with Crippen LogP contribution in [0.3, 0.4) is 0 Å². The molecule has 5 nitrogen and oxygen atoms in total. The lowest BCUT2D eigenvalue weighted by atomic mass is 9.91. The third kappa shape index (κ3) is 5.00. The number of carbonyl (C=O) groups is 1. The Morgan fingerprint density at radius 1 is 1.14 bits per heavy atom. The topological polar surface area (TPSA) is 56.7 Å². The first kappa shape index (κ1) is 24.0. The van der Waals surface area contributed by atoms with E-state index >= 15 is 0 Å². The summed E-state index contributed by atoms with van der Waals surface area (Å²) in [7, 11) is 4.22. The highest BCUT2D eigenvalue weighted by Crippen LogP contribution is 2.41. The van der Waals surface area contributed by atoms with Gasteiger partial charge in [-0.3, -0.25) is 9.78 Å². The van der Waals surface area contributed by atoms with Gasteiger partial charge in [-0.25, -0.2) is 4.39 Å². The predicted molar refractivity (Wildman–Crippen MR) is 139 cm³/mol. The van der Waals surface area contributed by atoms with Gasteiger partial charge in [0.15, 0.2) is 17.3 Å². The Bertz CT molecular complexity index is 1240. The minimum absolute atomic E-state index is 0.0316. The van der Waals surface area contributed by atoms with Gasteiger partial charge in [0.05, 0.1) is 21.8 Å². The minimum Gasteiger partial charge on any atom is -0.504 e. The summed E-state index contributed by atoms with van der Waals surface area (Å²) >= 11 is 6.05. The van der Waals surface area contributed by atoms with Gasteiger partial charge in [0.25, 0.3) is 0 Å². The molecule has 35 heavy (non-hydrogen) atoms. The number of phenols is 1. The van der Waals surface area contributed by atoms with E-state index in [0.29, 0.717) is 17.0 Å². The van der Waals surface area contributed by atoms with Crippen LogP contribution in [0.1, 0.15) is 42.5 Å². The van der Waals surface area contributed by atoms with Gasteiger partial charge in [0.1, 0.15) is 0 Å². The van der Waals surface area contributed by atoms with Crippen LogP contribution in [-0.2, 0) is 0 Å². The molecule has 7 heteroatoms. The average Bonchev–Trinajstić information content (AvgIpc) is 3.70. The number of carbonyl (C=O) groups excluding carboxylic acids is 1. The summed E-state index contributed by atoms with van der Waals surface area (Å²) in [6.07, 6.45) is 6.99. The van der Waals surface area contributed by atoms with Crippen LogP contribution in [0.25, 0.3) is 22.0 Å². The fourth-order valence-electron chi connectivity index (χ4n) is 5.06. The normalized spacial score (nSPS) is 16.9. The summed E-state index contributed by atoms with van der Waals surface area (Å²) in [5, 5.41) is 10.6. The second-order valence-electron chi connectivity index (χ2n) is 10.2. The van der Waals surface area contributed by atoms with Crippen molar-refractivity contribution in [3.8, 4) is 16.9 Å². The molecule has 0 amide bonds. The number of pyridine rings is 1. The number of nitrogens with zero attached hydrogens (tertiary/aromatic N) is 3. The minimum atomic E-state index is -0.761. The number of aromatic hydroxyl groups is 1. The third-order valence-electron chi connectivity index (χ3n) is 7.32. The number of hydrogen-bond acceptors (Lipinski definition) is 5. The number of aromatic nitrogens is 1. The summed E-state index contributed by atoms with van der Waals surface area (Å²) in [6, 6.07) is 8.59. The van der Waals surface area contributed by atoms with E-state index in [1.165, 1.54) is 12.5 Å². The molecule has 1 N–H and O–H groups in total. The SMILES string of the molecule is CN(C)CCC1CCN(c2c(C(=O)C3CC3)cnc3ccc(-c4cc(F)c(O)c(Cl)c4)cc23)CC1. The molecule has 5 rings (SSSR count). The fraction of sp³-hybridized carbons (Fsp3) is 0.429. The number of fused-ring (bicyclic) bond motifs is 1. The second kappa shape index (κ2) is 9.75. The van der Waals surface area contributed by atoms with Crippen LogP contribution < -0.4 is 4.90 Å². The van der Waals surface area contributed by atoms with Crippen molar-refractivity contribution in [2.75, 3.05) is 38.6 Å². The molecule has 184 valence electrons. The molecule has 0 radical (unpaired) electrons. The van der Waals surface area contributed by atoms with Gasteiger partial charge < -0.3 is 14.9 Å². The highest BCUT2D eigenvalue weighted by atomic mass is 35.5. The van der Waals surface area contributed by atoms with E-state index in [2.05, 4.69) is 28.9 Å². The van der Waals surface area contributed by atoms with Crippen LogP contribution in [0.4, 0.5) is 10.1 Å². The Kier molecular flexibility index (Phi) is 6.69. The number of Topliss-reactive ketones (excluding diaryl/α,β-unsaturated/α-hetero) is 1. The molecule has 3 aromatic rings. The lowest BCUT2D eigenvalue weighted by molar-refractivity contribution is 0.0968. The Labute approximate surface area is 210 Å². The van der Waals surface area contributed by atoms with E-state index in [0.717, 1.165) is 67.5 Å². The van der Waals surface area contributed by atoms with Crippen LogP contribution in [0, 0.1) is 17.7 Å². The molecule has 2 aliphatic rings. The number of piperidine rings is 1. The van der Waals surface area contributed by atoms with E-state index in [1.54, 1.807) is 12.3 Å². The van der Waals surface area contributed by atoms with Crippen molar-refractivity contribution < 1.29 is 14.3 Å². The van der Waals surface area contributed by atoms with Crippen LogP contribution in [0.5, 0.6) is 5.75 Å². The van der Waals surface area contributed by atoms with Gasteiger partial charge in [-0.1, -0.05) is 17.7 Å². The molecule has 0 spiro atoms. The van der Waals surface area contributed by atoms with Gasteiger partial charge in [0.2, 0.25) is 0 Å². The molecular weight excluding hydrogens is 465 g/mol. The lowest BCUT2D eigenvalue weighted by Crippen LogP contribution is -2.35. The van der Waals surface area contributed by atoms with E-state index in [9.17, 15) is 14.3 Å². The van der Waals surface area contributed by atoms with Crippen molar-refractivity contribution in [1.29, 1.82) is 0 Å². The maximum absolute atomic E-state index is 14.2. The monoisotopic (exact) mass is 495 g/mol. The number of rotatable bonds is 7. The van der Waals surface area contributed by atoms with Crippen molar-refractivity contribution in [1.82, 2.24) is 9.88 Å². The van der Waals surface area contributed by atoms with Crippen LogP contribution >= 0.6 is 11.6 Å². The number of halogens is 2. The molecule has 1 aliphatic carbocycles. The molecule has 1 saturated heterocycles. The molecule has 2 fully saturated rings. The summed E-state index contributed by atoms with van der Waals surface area (Å²) in [6.45, 7) is 2.88. The first-order valence-electron chi connectivity index (χ1n) is 12.4. The van der Waals surface area contributed by atoms with Crippen LogP contribution in [0.2, 0.25) is 5.02 Å². The molecule has 2 aromatic carbocycles. The van der Waals surface area contributed by atoms with Gasteiger partial charge in [-0.05, 0) is 94.1 Å². The number of hydrogen-bond donors (Lipinski definition) is 1. The van der Waals surface area contributed by atoms with E-state index in [4.69, 9.17) is 11.6 Å². The van der Waals surface area contributed by atoms with E-state index in [-0.39, 0.29) is 16.7 Å². The van der Waals surface area contributed by atoms with Gasteiger partial charge in [-0.15, -0.1) is 0 Å². The molecule has 0 unspecified atom stereocenters. The smallest absolute Gasteiger partial charge is 0.170 e. The first-order valence-corrected chi connectivity index (χ1v) is 12.7. The Hall–Kier alpha value is -2.70. The van der Waals surface area contributed by atoms with Gasteiger partial charge in [0, 0.05) is 30.6 Å². The molecule has 0 bridgehead atoms. The largest absolute Gasteiger partial charge is 0.504 e. The van der Waals surface area contributed by atoms with Crippen LogP contribution in [-0.4, -0.2) is 54.5 Å². The molecule has 1 saturated carbocycles. The first-order chi connectivity index (χ1) is 16.8. The summed E-state index contributed by atoms with van der Waals surface area (Å²) in [4.78, 5) is 22.5. The molecule has 0 atom stereocenters. The zero-order valence-electron chi connectivity index (χ0n) is 20.2. The Morgan fingerprint density at radius 2 is 1.89 bits per heavy atom. The highest BCUT2D eigenvalue weighted by molar-refractivity contribution is 6.32. The summed E-state index contributed by atoms with van der Waals surface area (Å²) < 4.78 is 14.2. The van der Waals surface area contributed by atoms with Crippen molar-refractivity contribution >= 4 is 34.0 Å². The summed E-state index contributed by atoms with van der Waals surface area (Å²) in [5.74, 6) is -0.356. The molecule has 2 heterocycles. The highest BCUT2D eigenvalue weighted by Gasteiger charge is 2.34. The Balaban J connectivity index is 1.55. The maximum atomic E-state index is 14.2. The average molecular weight is 496 g/mol. The van der Waals surface area contributed by atoms with E-state index < -0.39 is 11.6 Å². The second-order valence-corrected chi connectivity index (χ2v) is 10.6. The van der Waals surface area contributed by atoms with Crippen molar-refractivity contribution in [3.05, 3.63) is 52.9 Å². The van der Waals surface area contributed by atoms with Crippen molar-refractivity contribution in [2.24, 2.45) is 11.8 Å². The fourth-order valence-corrected chi connectivity index (χ4v) is 5.27. The number of anilines is 1. The predicted octanol–water partition coefficient (Wildman–Crippen LogP) is 6.16. The third-order valence-corrected chi connectivity index (χ3v) is 7.61. The van der Waals surface area contributed by atoms with Crippen LogP contribution in [0.15, 0.2) is 36.5 Å². The van der Waals surface area contributed by atoms with E-state index in [1.807, 2.05) is 18.2 Å². The van der Waals surface area contributed by atoms with Gasteiger partial charge in [-0.2, -0.15) is 0 Å². The summed E-state index contributed by atoms with van der Waals surface area (Å²) in [5.41, 5.74) is 3.78. The maximum Gasteiger partial charge on any atom is 0.170 e. The van der Waals surface area contributed by atoms with Crippen molar-refractivity contribution in [2.45, 2.75) is 32.1 Å². The standard InChI is InChI=1S/C28H31ClFN3O2/c1-32(2)10-7-17-8-11-33(12-9-17)26-21-13-19(20-14-23(29)28(35)24(30)15-20)5-6-25(21)31-16-22(26)27(34)18-3-4-18/h5-6,13-18,35H,3-4,7-12H2,1-2H3. The molecular formula is C28H31ClFN3O2. The zero-order chi connectivity index (χ0) is 24.7. The number of phenolic OH excluding ortho intramolecular Hbond substituents is 1. The Morgan fingerprint density at radius 3 is 2.54 bits per heavy atom. The van der Waals surface area contributed by atoms with Gasteiger partial charge >= 0.3 is 0 Å². The quantitative estimate of drug-likeness (QED) is 0.398. The van der Waals surface area contributed by atoms with Crippen molar-refractivity contribution in [3.63, 3.8) is 0 Å². The zero-order valence-corrected chi connectivity index (χ0v) is 21.0.